The molecule has 2 fully saturated rings. The quantitative estimate of drug-likeness (QED) is 0.282. The fourth-order valence-corrected chi connectivity index (χ4v) is 5.31. The number of hydrogen-bond acceptors (Lipinski definition) is 7. The normalized spacial score (nSPS) is 15.3. The number of aromatic nitrogens is 3. The number of benzene rings is 1. The van der Waals surface area contributed by atoms with E-state index in [0.29, 0.717) is 24.3 Å². The van der Waals surface area contributed by atoms with E-state index in [4.69, 9.17) is 16.7 Å². The van der Waals surface area contributed by atoms with Gasteiger partial charge in [-0.1, -0.05) is 11.6 Å². The lowest BCUT2D eigenvalue weighted by Gasteiger charge is -2.30. The van der Waals surface area contributed by atoms with E-state index in [0.717, 1.165) is 32.0 Å². The van der Waals surface area contributed by atoms with Gasteiger partial charge in [-0.05, 0) is 51.8 Å². The number of halogens is 3. The van der Waals surface area contributed by atoms with Crippen molar-refractivity contribution in [2.75, 3.05) is 31.1 Å². The molecule has 0 spiro atoms. The van der Waals surface area contributed by atoms with Gasteiger partial charge >= 0.3 is 11.9 Å². The van der Waals surface area contributed by atoms with Crippen LogP contribution in [0.2, 0.25) is 5.15 Å². The lowest BCUT2D eigenvalue weighted by atomic mass is 10.1. The molecule has 232 valence electrons. The molecule has 1 aromatic carbocycles. The van der Waals surface area contributed by atoms with Crippen LogP contribution in [-0.4, -0.2) is 62.4 Å². The molecule has 0 amide bonds. The molecule has 14 heteroatoms. The number of carboxylic acid groups (broad SMARTS) is 2. The van der Waals surface area contributed by atoms with Gasteiger partial charge in [-0.15, -0.1) is 0 Å². The minimum Gasteiger partial charge on any atom is -0.477 e. The zero-order valence-corrected chi connectivity index (χ0v) is 24.9. The zero-order chi connectivity index (χ0) is 32.1. The number of aromatic carboxylic acids is 2. The Bertz CT molecular complexity index is 1940. The molecule has 1 aliphatic heterocycles. The van der Waals surface area contributed by atoms with Crippen LogP contribution in [0.4, 0.5) is 14.5 Å². The third kappa shape index (κ3) is 5.89. The molecule has 4 aromatic rings. The van der Waals surface area contributed by atoms with Crippen LogP contribution in [0.3, 0.4) is 0 Å². The van der Waals surface area contributed by atoms with Gasteiger partial charge in [0.05, 0.1) is 16.6 Å². The molecule has 1 saturated heterocycles. The summed E-state index contributed by atoms with van der Waals surface area (Å²) in [5.74, 6) is -3.99. The second-order valence-corrected chi connectivity index (χ2v) is 12.1. The van der Waals surface area contributed by atoms with E-state index in [1.54, 1.807) is 6.07 Å². The molecule has 3 aromatic heterocycles. The Morgan fingerprint density at radius 1 is 0.932 bits per heavy atom. The van der Waals surface area contributed by atoms with Gasteiger partial charge in [-0.25, -0.2) is 23.4 Å². The number of nitrogens with one attached hydrogen (secondary N) is 1. The number of carbonyl (C=O) groups is 2. The van der Waals surface area contributed by atoms with Gasteiger partial charge in [0.1, 0.15) is 22.6 Å². The molecule has 1 saturated carbocycles. The topological polar surface area (TPSA) is 147 Å². The maximum absolute atomic E-state index is 14.6. The first-order valence-corrected chi connectivity index (χ1v) is 14.3. The predicted octanol–water partition coefficient (Wildman–Crippen LogP) is 4.23. The molecule has 0 bridgehead atoms. The maximum atomic E-state index is 14.6. The summed E-state index contributed by atoms with van der Waals surface area (Å²) >= 11 is 5.65. The van der Waals surface area contributed by atoms with Crippen LogP contribution < -0.4 is 21.1 Å². The number of fused-ring (bicyclic) bond motifs is 2. The Kier molecular flexibility index (Phi) is 8.21. The van der Waals surface area contributed by atoms with E-state index in [9.17, 15) is 33.1 Å². The average Bonchev–Trinajstić information content (AvgIpc) is 3.80. The zero-order valence-electron chi connectivity index (χ0n) is 24.2. The van der Waals surface area contributed by atoms with E-state index in [1.807, 2.05) is 30.2 Å². The van der Waals surface area contributed by atoms with Gasteiger partial charge in [-0.2, -0.15) is 0 Å². The van der Waals surface area contributed by atoms with Crippen molar-refractivity contribution in [2.24, 2.45) is 0 Å². The Morgan fingerprint density at radius 3 is 2.07 bits per heavy atom. The number of piperazine rings is 1. The van der Waals surface area contributed by atoms with Gasteiger partial charge < -0.3 is 29.6 Å². The first-order valence-electron chi connectivity index (χ1n) is 13.9. The molecular weight excluding hydrogens is 600 g/mol. The second kappa shape index (κ2) is 11.6. The average molecular weight is 630 g/mol. The van der Waals surface area contributed by atoms with Crippen LogP contribution in [0.25, 0.3) is 21.9 Å². The van der Waals surface area contributed by atoms with Crippen LogP contribution in [0.15, 0.2) is 40.2 Å². The van der Waals surface area contributed by atoms with Crippen molar-refractivity contribution >= 4 is 51.2 Å². The summed E-state index contributed by atoms with van der Waals surface area (Å²) in [6.45, 7) is 8.38. The lowest BCUT2D eigenvalue weighted by molar-refractivity contribution is 0.0683. The number of hydrogen-bond donors (Lipinski definition) is 3. The summed E-state index contributed by atoms with van der Waals surface area (Å²) in [5.41, 5.74) is -1.46. The number of pyridine rings is 3. The van der Waals surface area contributed by atoms with Gasteiger partial charge in [-0.3, -0.25) is 9.59 Å². The fraction of sp³-hybridized carbons (Fsp3) is 0.367. The van der Waals surface area contributed by atoms with Crippen molar-refractivity contribution in [3.8, 4) is 0 Å². The second-order valence-electron chi connectivity index (χ2n) is 11.7. The van der Waals surface area contributed by atoms with Crippen molar-refractivity contribution in [3.05, 3.63) is 79.0 Å². The van der Waals surface area contributed by atoms with Gasteiger partial charge in [0.25, 0.3) is 0 Å². The molecular formula is C30H30ClF2N5O6. The highest BCUT2D eigenvalue weighted by atomic mass is 35.5. The molecule has 0 unspecified atom stereocenters. The maximum Gasteiger partial charge on any atom is 0.341 e. The smallest absolute Gasteiger partial charge is 0.341 e. The Labute approximate surface area is 254 Å². The number of rotatable bonds is 4. The molecule has 2 aliphatic rings. The summed E-state index contributed by atoms with van der Waals surface area (Å²) in [6, 6.07) is 4.00. The standard InChI is InChI=1S/C17H18FN3O3.C13H12ClFN2O3/c18-13-7-11-14(8-15(13)20-5-3-19-4-6-20)21(10-1-2-10)9-12(16(11)22)17(23)24;1-13(2,3)17-5-7(12(19)20)9(18)6-4-8(15)10(14)16-11(6)17/h7-10,19H,1-6H2,(H,23,24);4-5H,1-3H3,(H,19,20). The van der Waals surface area contributed by atoms with Crippen molar-refractivity contribution in [2.45, 2.75) is 45.2 Å². The summed E-state index contributed by atoms with van der Waals surface area (Å²) in [5, 5.41) is 21.2. The van der Waals surface area contributed by atoms with Crippen molar-refractivity contribution in [1.29, 1.82) is 0 Å². The van der Waals surface area contributed by atoms with Crippen molar-refractivity contribution in [1.82, 2.24) is 19.4 Å². The van der Waals surface area contributed by atoms with Crippen LogP contribution in [0.1, 0.15) is 60.4 Å². The van der Waals surface area contributed by atoms with Crippen molar-refractivity contribution in [3.63, 3.8) is 0 Å². The highest BCUT2D eigenvalue weighted by molar-refractivity contribution is 6.29. The minimum absolute atomic E-state index is 0.110. The Hall–Kier alpha value is -4.36. The van der Waals surface area contributed by atoms with Crippen LogP contribution in [0, 0.1) is 11.6 Å². The highest BCUT2D eigenvalue weighted by Gasteiger charge is 2.28. The van der Waals surface area contributed by atoms with E-state index in [-0.39, 0.29) is 33.2 Å². The lowest BCUT2D eigenvalue weighted by Crippen LogP contribution is -2.43. The Balaban J connectivity index is 0.000000178. The SMILES string of the molecule is CC(C)(C)n1cc(C(=O)O)c(=O)c2cc(F)c(Cl)nc21.O=C(O)c1cn(C2CC2)c2cc(N3CCNCC3)c(F)cc2c1=O. The summed E-state index contributed by atoms with van der Waals surface area (Å²) < 4.78 is 31.4. The minimum atomic E-state index is -1.37. The van der Waals surface area contributed by atoms with Crippen molar-refractivity contribution < 1.29 is 28.6 Å². The molecule has 0 radical (unpaired) electrons. The fourth-order valence-electron chi connectivity index (χ4n) is 5.18. The largest absolute Gasteiger partial charge is 0.477 e. The first kappa shape index (κ1) is 31.1. The van der Waals surface area contributed by atoms with E-state index < -0.39 is 45.5 Å². The predicted molar refractivity (Wildman–Crippen MR) is 161 cm³/mol. The summed E-state index contributed by atoms with van der Waals surface area (Å²) in [4.78, 5) is 52.8. The molecule has 1 aliphatic carbocycles. The van der Waals surface area contributed by atoms with Crippen LogP contribution >= 0.6 is 11.6 Å². The van der Waals surface area contributed by atoms with Crippen LogP contribution in [-0.2, 0) is 5.54 Å². The summed E-state index contributed by atoms with van der Waals surface area (Å²) in [7, 11) is 0. The van der Waals surface area contributed by atoms with Crippen LogP contribution in [0.5, 0.6) is 0 Å². The third-order valence-electron chi connectivity index (χ3n) is 7.57. The number of anilines is 1. The highest BCUT2D eigenvalue weighted by Crippen LogP contribution is 2.38. The van der Waals surface area contributed by atoms with Gasteiger partial charge in [0.15, 0.2) is 11.0 Å². The molecule has 11 nitrogen and oxygen atoms in total. The van der Waals surface area contributed by atoms with E-state index >= 15 is 0 Å². The molecule has 44 heavy (non-hydrogen) atoms. The molecule has 3 N–H and O–H groups in total. The number of nitrogens with zero attached hydrogens (tertiary/aromatic N) is 4. The summed E-state index contributed by atoms with van der Waals surface area (Å²) in [6.07, 6.45) is 4.49. The monoisotopic (exact) mass is 629 g/mol. The molecule has 0 atom stereocenters. The van der Waals surface area contributed by atoms with Gasteiger partial charge in [0.2, 0.25) is 10.9 Å². The Morgan fingerprint density at radius 2 is 1.50 bits per heavy atom. The molecule has 4 heterocycles. The van der Waals surface area contributed by atoms with E-state index in [1.165, 1.54) is 23.0 Å². The molecule has 6 rings (SSSR count). The third-order valence-corrected chi connectivity index (χ3v) is 7.84. The van der Waals surface area contributed by atoms with E-state index in [2.05, 4.69) is 10.3 Å². The first-order chi connectivity index (χ1) is 20.7. The van der Waals surface area contributed by atoms with Gasteiger partial charge in [0, 0.05) is 55.5 Å². The number of carboxylic acids is 2.